The number of nitrogens with one attached hydrogen (secondary N) is 2. The SMILES string of the molecule is Cc1ccc(Oc2nc3nc(-c4ccc5[nH]ccc5c4)c(Cl)cc3[nH]2)cc1C(=O)O. The smallest absolute Gasteiger partial charge is 0.336 e. The summed E-state index contributed by atoms with van der Waals surface area (Å²) >= 11 is 6.48. The van der Waals surface area contributed by atoms with Gasteiger partial charge < -0.3 is 19.8 Å². The van der Waals surface area contributed by atoms with Gasteiger partial charge in [-0.15, -0.1) is 0 Å². The van der Waals surface area contributed by atoms with Crippen molar-refractivity contribution in [3.8, 4) is 23.0 Å². The molecule has 3 heterocycles. The minimum absolute atomic E-state index is 0.173. The van der Waals surface area contributed by atoms with Crippen molar-refractivity contribution in [3.05, 3.63) is 70.9 Å². The van der Waals surface area contributed by atoms with E-state index in [0.717, 1.165) is 16.5 Å². The summed E-state index contributed by atoms with van der Waals surface area (Å²) in [7, 11) is 0. The molecule has 3 N–H and O–H groups in total. The summed E-state index contributed by atoms with van der Waals surface area (Å²) in [5.74, 6) is -0.652. The summed E-state index contributed by atoms with van der Waals surface area (Å²) in [5, 5.41) is 10.8. The zero-order valence-electron chi connectivity index (χ0n) is 15.7. The van der Waals surface area contributed by atoms with E-state index in [2.05, 4.69) is 19.9 Å². The van der Waals surface area contributed by atoms with Crippen molar-refractivity contribution in [1.82, 2.24) is 19.9 Å². The maximum absolute atomic E-state index is 11.3. The number of benzene rings is 2. The van der Waals surface area contributed by atoms with Gasteiger partial charge in [-0.05, 0) is 48.9 Å². The summed E-state index contributed by atoms with van der Waals surface area (Å²) in [6.07, 6.45) is 1.88. The fourth-order valence-corrected chi connectivity index (χ4v) is 3.61. The first-order chi connectivity index (χ1) is 14.5. The Morgan fingerprint density at radius 2 is 1.93 bits per heavy atom. The molecule has 0 bridgehead atoms. The fourth-order valence-electron chi connectivity index (χ4n) is 3.35. The van der Waals surface area contributed by atoms with Crippen LogP contribution in [0.3, 0.4) is 0 Å². The second-order valence-corrected chi connectivity index (χ2v) is 7.30. The van der Waals surface area contributed by atoms with Crippen molar-refractivity contribution in [3.63, 3.8) is 0 Å². The van der Waals surface area contributed by atoms with Crippen molar-refractivity contribution in [1.29, 1.82) is 0 Å². The topological polar surface area (TPSA) is 104 Å². The first kappa shape index (κ1) is 18.2. The monoisotopic (exact) mass is 418 g/mol. The van der Waals surface area contributed by atoms with Gasteiger partial charge in [0.25, 0.3) is 0 Å². The number of nitrogens with zero attached hydrogens (tertiary/aromatic N) is 2. The van der Waals surface area contributed by atoms with E-state index in [0.29, 0.717) is 33.2 Å². The normalized spacial score (nSPS) is 11.3. The Morgan fingerprint density at radius 1 is 1.07 bits per heavy atom. The lowest BCUT2D eigenvalue weighted by molar-refractivity contribution is 0.0695. The molecule has 0 aliphatic rings. The highest BCUT2D eigenvalue weighted by Gasteiger charge is 2.14. The summed E-state index contributed by atoms with van der Waals surface area (Å²) in [5.41, 5.74) is 4.42. The predicted octanol–water partition coefficient (Wildman–Crippen LogP) is 5.56. The maximum Gasteiger partial charge on any atom is 0.336 e. The molecule has 5 aromatic rings. The van der Waals surface area contributed by atoms with Crippen molar-refractivity contribution >= 4 is 39.6 Å². The highest BCUT2D eigenvalue weighted by Crippen LogP contribution is 2.32. The van der Waals surface area contributed by atoms with Crippen molar-refractivity contribution in [2.45, 2.75) is 6.92 Å². The molecule has 2 aromatic carbocycles. The first-order valence-corrected chi connectivity index (χ1v) is 9.51. The molecule has 0 amide bonds. The summed E-state index contributed by atoms with van der Waals surface area (Å²) in [6.45, 7) is 1.73. The molecule has 0 spiro atoms. The van der Waals surface area contributed by atoms with Crippen LogP contribution < -0.4 is 4.74 Å². The van der Waals surface area contributed by atoms with Gasteiger partial charge in [-0.3, -0.25) is 0 Å². The highest BCUT2D eigenvalue weighted by atomic mass is 35.5. The lowest BCUT2D eigenvalue weighted by atomic mass is 10.1. The van der Waals surface area contributed by atoms with Crippen molar-refractivity contribution in [2.75, 3.05) is 0 Å². The number of aromatic nitrogens is 4. The molecule has 0 aliphatic heterocycles. The zero-order chi connectivity index (χ0) is 20.8. The van der Waals surface area contributed by atoms with Crippen LogP contribution >= 0.6 is 11.6 Å². The van der Waals surface area contributed by atoms with Crippen LogP contribution in [0, 0.1) is 6.92 Å². The van der Waals surface area contributed by atoms with E-state index in [1.54, 1.807) is 25.1 Å². The molecule has 0 radical (unpaired) electrons. The number of aromatic carboxylic acids is 1. The number of aromatic amines is 2. The summed E-state index contributed by atoms with van der Waals surface area (Å²) in [4.78, 5) is 26.5. The molecule has 148 valence electrons. The molecular weight excluding hydrogens is 404 g/mol. The van der Waals surface area contributed by atoms with Gasteiger partial charge >= 0.3 is 12.0 Å². The number of H-pyrrole nitrogens is 2. The second-order valence-electron chi connectivity index (χ2n) is 6.90. The predicted molar refractivity (Wildman–Crippen MR) is 114 cm³/mol. The third-order valence-electron chi connectivity index (χ3n) is 4.89. The number of carboxylic acid groups (broad SMARTS) is 1. The van der Waals surface area contributed by atoms with Crippen LogP contribution in [0.5, 0.6) is 11.8 Å². The average molecular weight is 419 g/mol. The Labute approximate surface area is 175 Å². The highest BCUT2D eigenvalue weighted by molar-refractivity contribution is 6.33. The lowest BCUT2D eigenvalue weighted by Crippen LogP contribution is -2.00. The minimum Gasteiger partial charge on any atom is -0.478 e. The molecule has 0 atom stereocenters. The molecule has 0 fully saturated rings. The Morgan fingerprint density at radius 3 is 2.77 bits per heavy atom. The van der Waals surface area contributed by atoms with Crippen LogP contribution in [0.1, 0.15) is 15.9 Å². The van der Waals surface area contributed by atoms with E-state index in [1.807, 2.05) is 30.5 Å². The number of ether oxygens (including phenoxy) is 1. The van der Waals surface area contributed by atoms with Gasteiger partial charge in [0.1, 0.15) is 5.75 Å². The standard InChI is InChI=1S/C22H15ClN4O3/c1-11-2-4-14(9-15(11)21(28)29)30-22-25-18-10-16(23)19(26-20(18)27-22)13-3-5-17-12(8-13)6-7-24-17/h2-10,24H,1H3,(H,28,29)(H,25,26,27). The van der Waals surface area contributed by atoms with Gasteiger partial charge in [0.15, 0.2) is 5.65 Å². The zero-order valence-corrected chi connectivity index (χ0v) is 16.5. The largest absolute Gasteiger partial charge is 0.478 e. The number of carbonyl (C=O) groups is 1. The van der Waals surface area contributed by atoms with Crippen molar-refractivity contribution in [2.24, 2.45) is 0 Å². The minimum atomic E-state index is -1.01. The van der Waals surface area contributed by atoms with E-state index in [-0.39, 0.29) is 11.6 Å². The van der Waals surface area contributed by atoms with Gasteiger partial charge in [-0.1, -0.05) is 23.7 Å². The number of hydrogen-bond acceptors (Lipinski definition) is 4. The number of fused-ring (bicyclic) bond motifs is 2. The van der Waals surface area contributed by atoms with Crippen LogP contribution in [0.15, 0.2) is 54.7 Å². The Balaban J connectivity index is 1.52. The Hall–Kier alpha value is -3.84. The number of imidazole rings is 1. The average Bonchev–Trinajstić information content (AvgIpc) is 3.33. The van der Waals surface area contributed by atoms with E-state index in [4.69, 9.17) is 16.3 Å². The molecule has 0 aliphatic carbocycles. The van der Waals surface area contributed by atoms with Gasteiger partial charge in [0.2, 0.25) is 0 Å². The molecule has 30 heavy (non-hydrogen) atoms. The fraction of sp³-hybridized carbons (Fsp3) is 0.0455. The van der Waals surface area contributed by atoms with E-state index >= 15 is 0 Å². The molecule has 5 rings (SSSR count). The lowest BCUT2D eigenvalue weighted by Gasteiger charge is -2.05. The Bertz CT molecular complexity index is 1440. The first-order valence-electron chi connectivity index (χ1n) is 9.13. The van der Waals surface area contributed by atoms with Gasteiger partial charge in [0, 0.05) is 22.7 Å². The summed E-state index contributed by atoms with van der Waals surface area (Å²) in [6, 6.07) is 14.7. The van der Waals surface area contributed by atoms with Crippen LogP contribution in [-0.2, 0) is 0 Å². The molecule has 3 aromatic heterocycles. The van der Waals surface area contributed by atoms with E-state index in [9.17, 15) is 9.90 Å². The number of pyridine rings is 1. The van der Waals surface area contributed by atoms with Crippen LogP contribution in [0.25, 0.3) is 33.3 Å². The third-order valence-corrected chi connectivity index (χ3v) is 5.17. The maximum atomic E-state index is 11.3. The number of halogens is 1. The van der Waals surface area contributed by atoms with Crippen LogP contribution in [-0.4, -0.2) is 31.0 Å². The molecule has 7 nitrogen and oxygen atoms in total. The molecule has 0 unspecified atom stereocenters. The number of rotatable bonds is 4. The van der Waals surface area contributed by atoms with Gasteiger partial charge in [-0.25, -0.2) is 9.78 Å². The number of hydrogen-bond donors (Lipinski definition) is 3. The van der Waals surface area contributed by atoms with Gasteiger partial charge in [0.05, 0.1) is 21.8 Å². The van der Waals surface area contributed by atoms with E-state index < -0.39 is 5.97 Å². The molecule has 8 heteroatoms. The Kier molecular flexibility index (Phi) is 4.18. The quantitative estimate of drug-likeness (QED) is 0.354. The van der Waals surface area contributed by atoms with Crippen LogP contribution in [0.2, 0.25) is 5.02 Å². The summed E-state index contributed by atoms with van der Waals surface area (Å²) < 4.78 is 5.72. The number of aryl methyl sites for hydroxylation is 1. The molecular formula is C22H15ClN4O3. The third kappa shape index (κ3) is 3.15. The van der Waals surface area contributed by atoms with Gasteiger partial charge in [-0.2, -0.15) is 4.98 Å². The van der Waals surface area contributed by atoms with E-state index in [1.165, 1.54) is 6.07 Å². The van der Waals surface area contributed by atoms with Crippen molar-refractivity contribution < 1.29 is 14.6 Å². The number of carboxylic acids is 1. The molecule has 0 saturated carbocycles. The second kappa shape index (κ2) is 6.89. The van der Waals surface area contributed by atoms with Crippen LogP contribution in [0.4, 0.5) is 0 Å². The molecule has 0 saturated heterocycles.